The molecule has 0 aromatic heterocycles. The minimum absolute atomic E-state index is 0.0595. The average Bonchev–Trinajstić information content (AvgIpc) is 2.34. The van der Waals surface area contributed by atoms with Gasteiger partial charge in [-0.05, 0) is 25.3 Å². The Hall–Kier alpha value is -0.850. The number of hydrogen-bond acceptors (Lipinski definition) is 2. The molecule has 19 heavy (non-hydrogen) atoms. The quantitative estimate of drug-likeness (QED) is 0.606. The summed E-state index contributed by atoms with van der Waals surface area (Å²) in [5, 5.41) is 1.84. The molecule has 0 radical (unpaired) electrons. The third-order valence-electron chi connectivity index (χ3n) is 2.89. The van der Waals surface area contributed by atoms with E-state index in [0.717, 1.165) is 19.3 Å². The molecule has 3 N–H and O–H groups in total. The number of nitrogens with two attached hydrogens (primary N) is 1. The highest BCUT2D eigenvalue weighted by atomic mass is 19.3. The fraction of sp³-hybridized carbons (Fsp3) is 0.917. The van der Waals surface area contributed by atoms with Gasteiger partial charge in [-0.15, -0.1) is 0 Å². The lowest BCUT2D eigenvalue weighted by molar-refractivity contribution is -0.136. The molecule has 1 unspecified atom stereocenters. The summed E-state index contributed by atoms with van der Waals surface area (Å²) in [5.41, 5.74) is 5.43. The highest BCUT2D eigenvalue weighted by Gasteiger charge is 2.40. The summed E-state index contributed by atoms with van der Waals surface area (Å²) < 4.78 is 48.9. The van der Waals surface area contributed by atoms with Crippen molar-refractivity contribution in [2.45, 2.75) is 51.4 Å². The molecule has 1 atom stereocenters. The van der Waals surface area contributed by atoms with E-state index in [1.165, 1.54) is 0 Å². The Morgan fingerprint density at radius 2 is 1.89 bits per heavy atom. The third kappa shape index (κ3) is 8.02. The van der Waals surface area contributed by atoms with Crippen molar-refractivity contribution in [1.29, 1.82) is 0 Å². The van der Waals surface area contributed by atoms with E-state index in [2.05, 4.69) is 0 Å². The van der Waals surface area contributed by atoms with Gasteiger partial charge in [0.2, 0.25) is 5.91 Å². The molecule has 3 nitrogen and oxygen atoms in total. The van der Waals surface area contributed by atoms with E-state index >= 15 is 0 Å². The maximum absolute atomic E-state index is 12.6. The Kier molecular flexibility index (Phi) is 8.71. The van der Waals surface area contributed by atoms with Crippen LogP contribution in [0.3, 0.4) is 0 Å². The van der Waals surface area contributed by atoms with E-state index in [9.17, 15) is 22.4 Å². The van der Waals surface area contributed by atoms with E-state index in [4.69, 9.17) is 5.73 Å². The molecule has 0 saturated heterocycles. The summed E-state index contributed by atoms with van der Waals surface area (Å²) in [5.74, 6) is -4.52. The molecular formula is C12H22F4N2O. The van der Waals surface area contributed by atoms with E-state index in [1.807, 2.05) is 12.2 Å². The Bertz CT molecular complexity index is 256. The molecule has 0 heterocycles. The van der Waals surface area contributed by atoms with Crippen LogP contribution in [0, 0.1) is 5.92 Å². The van der Waals surface area contributed by atoms with Crippen molar-refractivity contribution < 1.29 is 22.4 Å². The molecule has 1 amide bonds. The lowest BCUT2D eigenvalue weighted by Gasteiger charge is -2.17. The fourth-order valence-electron chi connectivity index (χ4n) is 1.79. The maximum Gasteiger partial charge on any atom is 0.324 e. The van der Waals surface area contributed by atoms with Crippen LogP contribution < -0.4 is 11.1 Å². The number of nitrogens with one attached hydrogen (secondary N) is 1. The standard InChI is InChI=1S/C12H22F4N2O/c1-2-3-9(6-7-17)4-5-10(19)18-8-12(15,16)11(13)14/h9,11H,2-8,17H2,1H3,(H,18,19). The van der Waals surface area contributed by atoms with E-state index in [-0.39, 0.29) is 12.3 Å². The van der Waals surface area contributed by atoms with Gasteiger partial charge in [0.05, 0.1) is 6.54 Å². The topological polar surface area (TPSA) is 55.1 Å². The number of amides is 1. The Morgan fingerprint density at radius 1 is 1.26 bits per heavy atom. The Balaban J connectivity index is 3.97. The van der Waals surface area contributed by atoms with Gasteiger partial charge < -0.3 is 11.1 Å². The first-order chi connectivity index (χ1) is 8.83. The average molecular weight is 286 g/mol. The molecule has 0 aromatic rings. The summed E-state index contributed by atoms with van der Waals surface area (Å²) in [4.78, 5) is 11.3. The zero-order valence-electron chi connectivity index (χ0n) is 11.1. The van der Waals surface area contributed by atoms with Crippen molar-refractivity contribution >= 4 is 5.91 Å². The van der Waals surface area contributed by atoms with Gasteiger partial charge in [0.25, 0.3) is 0 Å². The second kappa shape index (κ2) is 9.12. The van der Waals surface area contributed by atoms with Crippen LogP contribution in [0.5, 0.6) is 0 Å². The zero-order valence-corrected chi connectivity index (χ0v) is 11.1. The van der Waals surface area contributed by atoms with Gasteiger partial charge in [0.1, 0.15) is 0 Å². The Morgan fingerprint density at radius 3 is 2.37 bits per heavy atom. The summed E-state index contributed by atoms with van der Waals surface area (Å²) in [6.07, 6.45) is -0.527. The number of carbonyl (C=O) groups excluding carboxylic acids is 1. The van der Waals surface area contributed by atoms with Crippen LogP contribution in [0.1, 0.15) is 39.0 Å². The molecule has 0 fully saturated rings. The number of rotatable bonds is 10. The second-order valence-electron chi connectivity index (χ2n) is 4.61. The molecule has 0 saturated carbocycles. The van der Waals surface area contributed by atoms with Crippen molar-refractivity contribution in [3.8, 4) is 0 Å². The summed E-state index contributed by atoms with van der Waals surface area (Å²) in [6, 6.07) is 0. The van der Waals surface area contributed by atoms with Crippen molar-refractivity contribution in [2.75, 3.05) is 13.1 Å². The predicted molar refractivity (Wildman–Crippen MR) is 65.3 cm³/mol. The van der Waals surface area contributed by atoms with Crippen LogP contribution in [0.4, 0.5) is 17.6 Å². The molecule has 7 heteroatoms. The minimum atomic E-state index is -4.17. The van der Waals surface area contributed by atoms with Gasteiger partial charge in [-0.25, -0.2) is 8.78 Å². The molecule has 0 spiro atoms. The van der Waals surface area contributed by atoms with E-state index in [1.54, 1.807) is 0 Å². The first kappa shape index (κ1) is 18.1. The summed E-state index contributed by atoms with van der Waals surface area (Å²) >= 11 is 0. The van der Waals surface area contributed by atoms with Crippen LogP contribution in [0.2, 0.25) is 0 Å². The van der Waals surface area contributed by atoms with Gasteiger partial charge >= 0.3 is 12.3 Å². The van der Waals surface area contributed by atoms with Crippen molar-refractivity contribution in [2.24, 2.45) is 11.7 Å². The number of halogens is 4. The van der Waals surface area contributed by atoms with Gasteiger partial charge in [-0.1, -0.05) is 19.8 Å². The number of carbonyl (C=O) groups is 1. The maximum atomic E-state index is 12.6. The van der Waals surface area contributed by atoms with Gasteiger partial charge in [-0.2, -0.15) is 8.78 Å². The molecule has 0 rings (SSSR count). The fourth-order valence-corrected chi connectivity index (χ4v) is 1.79. The highest BCUT2D eigenvalue weighted by molar-refractivity contribution is 5.75. The first-order valence-corrected chi connectivity index (χ1v) is 6.46. The molecule has 114 valence electrons. The summed E-state index contributed by atoms with van der Waals surface area (Å²) in [7, 11) is 0. The monoisotopic (exact) mass is 286 g/mol. The van der Waals surface area contributed by atoms with Crippen LogP contribution >= 0.6 is 0 Å². The molecular weight excluding hydrogens is 264 g/mol. The van der Waals surface area contributed by atoms with Crippen LogP contribution in [-0.2, 0) is 4.79 Å². The van der Waals surface area contributed by atoms with Gasteiger partial charge in [-0.3, -0.25) is 4.79 Å². The van der Waals surface area contributed by atoms with E-state index < -0.39 is 24.8 Å². The van der Waals surface area contributed by atoms with Crippen LogP contribution in [-0.4, -0.2) is 31.3 Å². The molecule has 0 aliphatic heterocycles. The molecule has 0 aromatic carbocycles. The lowest BCUT2D eigenvalue weighted by Crippen LogP contribution is -2.41. The predicted octanol–water partition coefficient (Wildman–Crippen LogP) is 2.55. The van der Waals surface area contributed by atoms with Gasteiger partial charge in [0, 0.05) is 6.42 Å². The lowest BCUT2D eigenvalue weighted by atomic mass is 9.94. The second-order valence-corrected chi connectivity index (χ2v) is 4.61. The molecule has 0 aliphatic carbocycles. The zero-order chi connectivity index (χ0) is 14.9. The number of alkyl halides is 4. The largest absolute Gasteiger partial charge is 0.350 e. The third-order valence-corrected chi connectivity index (χ3v) is 2.89. The normalized spacial score (nSPS) is 13.6. The molecule has 0 bridgehead atoms. The van der Waals surface area contributed by atoms with Crippen LogP contribution in [0.15, 0.2) is 0 Å². The number of hydrogen-bond donors (Lipinski definition) is 2. The Labute approximate surface area is 110 Å². The van der Waals surface area contributed by atoms with Crippen molar-refractivity contribution in [3.05, 3.63) is 0 Å². The van der Waals surface area contributed by atoms with Crippen molar-refractivity contribution in [1.82, 2.24) is 5.32 Å². The minimum Gasteiger partial charge on any atom is -0.350 e. The first-order valence-electron chi connectivity index (χ1n) is 6.46. The molecule has 0 aliphatic rings. The highest BCUT2D eigenvalue weighted by Crippen LogP contribution is 2.21. The summed E-state index contributed by atoms with van der Waals surface area (Å²) in [6.45, 7) is 1.20. The van der Waals surface area contributed by atoms with Gasteiger partial charge in [0.15, 0.2) is 0 Å². The SMILES string of the molecule is CCCC(CCN)CCC(=O)NCC(F)(F)C(F)F. The van der Waals surface area contributed by atoms with Crippen molar-refractivity contribution in [3.63, 3.8) is 0 Å². The van der Waals surface area contributed by atoms with E-state index in [0.29, 0.717) is 13.0 Å². The smallest absolute Gasteiger partial charge is 0.324 e. The van der Waals surface area contributed by atoms with Crippen LogP contribution in [0.25, 0.3) is 0 Å².